The van der Waals surface area contributed by atoms with E-state index in [0.717, 1.165) is 19.3 Å². The minimum absolute atomic E-state index is 0.160. The molecule has 0 saturated heterocycles. The summed E-state index contributed by atoms with van der Waals surface area (Å²) in [7, 11) is 0. The molecule has 2 unspecified atom stereocenters. The fourth-order valence-electron chi connectivity index (χ4n) is 2.37. The molecule has 0 heterocycles. The Morgan fingerprint density at radius 2 is 2.00 bits per heavy atom. The van der Waals surface area contributed by atoms with Crippen molar-refractivity contribution in [1.29, 1.82) is 0 Å². The van der Waals surface area contributed by atoms with Gasteiger partial charge in [0.1, 0.15) is 0 Å². The van der Waals surface area contributed by atoms with E-state index in [-0.39, 0.29) is 6.10 Å². The lowest BCUT2D eigenvalue weighted by Gasteiger charge is -2.30. The highest BCUT2D eigenvalue weighted by Crippen LogP contribution is 2.32. The topological polar surface area (TPSA) is 20.2 Å². The van der Waals surface area contributed by atoms with E-state index < -0.39 is 0 Å². The maximum atomic E-state index is 9.79. The molecule has 2 atom stereocenters. The molecular formula is C14H19O. The Morgan fingerprint density at radius 1 is 1.27 bits per heavy atom. The maximum absolute atomic E-state index is 9.79. The van der Waals surface area contributed by atoms with Gasteiger partial charge in [0.15, 0.2) is 0 Å². The smallest absolute Gasteiger partial charge is 0.0602 e. The summed E-state index contributed by atoms with van der Waals surface area (Å²) in [6.07, 6.45) is 4.23. The molecule has 0 aliphatic heterocycles. The first kappa shape index (κ1) is 10.7. The molecule has 1 aromatic carbocycles. The van der Waals surface area contributed by atoms with Gasteiger partial charge in [-0.2, -0.15) is 0 Å². The second-order valence-electron chi connectivity index (χ2n) is 4.69. The SMILES string of the molecule is C[C]1CCC(Cc2ccccc2)CC1O. The molecule has 0 aromatic heterocycles. The lowest BCUT2D eigenvalue weighted by Crippen LogP contribution is -2.26. The van der Waals surface area contributed by atoms with Crippen LogP contribution >= 0.6 is 0 Å². The third-order valence-corrected chi connectivity index (χ3v) is 3.44. The van der Waals surface area contributed by atoms with Gasteiger partial charge in [0.25, 0.3) is 0 Å². The highest BCUT2D eigenvalue weighted by molar-refractivity contribution is 5.16. The highest BCUT2D eigenvalue weighted by atomic mass is 16.3. The molecule has 1 N–H and O–H groups in total. The van der Waals surface area contributed by atoms with Crippen LogP contribution in [0, 0.1) is 11.8 Å². The molecule has 1 aromatic rings. The van der Waals surface area contributed by atoms with E-state index >= 15 is 0 Å². The van der Waals surface area contributed by atoms with Crippen LogP contribution in [0.3, 0.4) is 0 Å². The van der Waals surface area contributed by atoms with Crippen molar-refractivity contribution in [2.45, 2.75) is 38.7 Å². The monoisotopic (exact) mass is 203 g/mol. The van der Waals surface area contributed by atoms with Gasteiger partial charge in [0.05, 0.1) is 6.10 Å². The van der Waals surface area contributed by atoms with Crippen LogP contribution in [0.25, 0.3) is 0 Å². The fourth-order valence-corrected chi connectivity index (χ4v) is 2.37. The van der Waals surface area contributed by atoms with Crippen molar-refractivity contribution in [1.82, 2.24) is 0 Å². The van der Waals surface area contributed by atoms with Crippen molar-refractivity contribution in [2.24, 2.45) is 5.92 Å². The largest absolute Gasteiger partial charge is 0.393 e. The standard InChI is InChI=1S/C14H19O/c1-11-7-8-13(10-14(11)15)9-12-5-3-2-4-6-12/h2-6,13-15H,7-10H2,1H3. The zero-order valence-electron chi connectivity index (χ0n) is 9.32. The molecule has 0 bridgehead atoms. The second-order valence-corrected chi connectivity index (χ2v) is 4.69. The molecule has 0 amide bonds. The van der Waals surface area contributed by atoms with Crippen molar-refractivity contribution in [3.8, 4) is 0 Å². The van der Waals surface area contributed by atoms with Gasteiger partial charge in [-0.15, -0.1) is 0 Å². The van der Waals surface area contributed by atoms with Gasteiger partial charge >= 0.3 is 0 Å². The van der Waals surface area contributed by atoms with E-state index in [4.69, 9.17) is 0 Å². The lowest BCUT2D eigenvalue weighted by molar-refractivity contribution is 0.123. The van der Waals surface area contributed by atoms with Crippen LogP contribution in [-0.2, 0) is 6.42 Å². The van der Waals surface area contributed by atoms with Crippen molar-refractivity contribution in [3.05, 3.63) is 41.8 Å². The second kappa shape index (κ2) is 4.80. The molecule has 81 valence electrons. The van der Waals surface area contributed by atoms with Gasteiger partial charge in [-0.25, -0.2) is 0 Å². The first-order chi connectivity index (χ1) is 7.25. The fraction of sp³-hybridized carbons (Fsp3) is 0.500. The zero-order valence-corrected chi connectivity index (χ0v) is 9.32. The van der Waals surface area contributed by atoms with E-state index in [2.05, 4.69) is 37.3 Å². The van der Waals surface area contributed by atoms with E-state index in [0.29, 0.717) is 5.92 Å². The Morgan fingerprint density at radius 3 is 2.67 bits per heavy atom. The van der Waals surface area contributed by atoms with Crippen molar-refractivity contribution >= 4 is 0 Å². The van der Waals surface area contributed by atoms with Gasteiger partial charge in [-0.1, -0.05) is 37.3 Å². The van der Waals surface area contributed by atoms with Crippen molar-refractivity contribution in [3.63, 3.8) is 0 Å². The number of hydrogen-bond donors (Lipinski definition) is 1. The predicted molar refractivity (Wildman–Crippen MR) is 62.4 cm³/mol. The number of rotatable bonds is 2. The Balaban J connectivity index is 1.91. The molecule has 1 fully saturated rings. The normalized spacial score (nSPS) is 27.9. The van der Waals surface area contributed by atoms with Crippen molar-refractivity contribution < 1.29 is 5.11 Å². The number of aliphatic hydroxyl groups is 1. The average molecular weight is 203 g/mol. The Kier molecular flexibility index (Phi) is 3.42. The van der Waals surface area contributed by atoms with Crippen LogP contribution in [0.4, 0.5) is 0 Å². The molecule has 1 aliphatic rings. The first-order valence-corrected chi connectivity index (χ1v) is 5.80. The molecule has 1 heteroatoms. The van der Waals surface area contributed by atoms with Crippen LogP contribution in [-0.4, -0.2) is 11.2 Å². The Bertz CT molecular complexity index is 293. The predicted octanol–water partition coefficient (Wildman–Crippen LogP) is 2.98. The van der Waals surface area contributed by atoms with Gasteiger partial charge in [0.2, 0.25) is 0 Å². The molecule has 1 aliphatic carbocycles. The van der Waals surface area contributed by atoms with E-state index in [1.165, 1.54) is 17.9 Å². The quantitative estimate of drug-likeness (QED) is 0.783. The van der Waals surface area contributed by atoms with Crippen LogP contribution in [0.5, 0.6) is 0 Å². The van der Waals surface area contributed by atoms with Crippen LogP contribution in [0.1, 0.15) is 31.7 Å². The van der Waals surface area contributed by atoms with Gasteiger partial charge in [0, 0.05) is 5.92 Å². The van der Waals surface area contributed by atoms with Crippen molar-refractivity contribution in [2.75, 3.05) is 0 Å². The highest BCUT2D eigenvalue weighted by Gasteiger charge is 2.26. The lowest BCUT2D eigenvalue weighted by atomic mass is 9.78. The third-order valence-electron chi connectivity index (χ3n) is 3.44. The summed E-state index contributed by atoms with van der Waals surface area (Å²) >= 11 is 0. The van der Waals surface area contributed by atoms with Crippen LogP contribution < -0.4 is 0 Å². The summed E-state index contributed by atoms with van der Waals surface area (Å²) < 4.78 is 0. The minimum atomic E-state index is -0.160. The van der Waals surface area contributed by atoms with Crippen LogP contribution in [0.2, 0.25) is 0 Å². The molecule has 15 heavy (non-hydrogen) atoms. The Hall–Kier alpha value is -0.820. The molecule has 1 radical (unpaired) electrons. The Labute approximate surface area is 92.1 Å². The van der Waals surface area contributed by atoms with Gasteiger partial charge in [-0.3, -0.25) is 0 Å². The maximum Gasteiger partial charge on any atom is 0.0602 e. The molecule has 1 nitrogen and oxygen atoms in total. The molecule has 0 spiro atoms. The first-order valence-electron chi connectivity index (χ1n) is 5.80. The van der Waals surface area contributed by atoms with E-state index in [9.17, 15) is 5.11 Å². The molecular weight excluding hydrogens is 184 g/mol. The number of aliphatic hydroxyl groups excluding tert-OH is 1. The van der Waals surface area contributed by atoms with E-state index in [1.807, 2.05) is 0 Å². The van der Waals surface area contributed by atoms with Gasteiger partial charge < -0.3 is 5.11 Å². The summed E-state index contributed by atoms with van der Waals surface area (Å²) in [5.74, 6) is 1.92. The molecule has 1 saturated carbocycles. The summed E-state index contributed by atoms with van der Waals surface area (Å²) in [5, 5.41) is 9.79. The summed E-state index contributed by atoms with van der Waals surface area (Å²) in [5.41, 5.74) is 1.40. The van der Waals surface area contributed by atoms with Gasteiger partial charge in [-0.05, 0) is 37.2 Å². The molecule has 2 rings (SSSR count). The zero-order chi connectivity index (χ0) is 10.7. The average Bonchev–Trinajstić information content (AvgIpc) is 2.25. The van der Waals surface area contributed by atoms with E-state index in [1.54, 1.807) is 0 Å². The minimum Gasteiger partial charge on any atom is -0.393 e. The number of hydrogen-bond acceptors (Lipinski definition) is 1. The summed E-state index contributed by atoms with van der Waals surface area (Å²) in [6.45, 7) is 2.07. The summed E-state index contributed by atoms with van der Waals surface area (Å²) in [4.78, 5) is 0. The number of benzene rings is 1. The van der Waals surface area contributed by atoms with Crippen LogP contribution in [0.15, 0.2) is 30.3 Å². The third kappa shape index (κ3) is 2.82. The summed E-state index contributed by atoms with van der Waals surface area (Å²) in [6, 6.07) is 10.6.